The van der Waals surface area contributed by atoms with Crippen molar-refractivity contribution in [3.8, 4) is 0 Å². The van der Waals surface area contributed by atoms with Gasteiger partial charge < -0.3 is 10.8 Å². The van der Waals surface area contributed by atoms with Crippen molar-refractivity contribution in [3.05, 3.63) is 48.6 Å². The maximum atomic E-state index is 9.75. The molecular weight excluding hydrogens is 162 g/mol. The first-order valence-electron chi connectivity index (χ1n) is 4.35. The molecule has 70 valence electrons. The van der Waals surface area contributed by atoms with Crippen LogP contribution in [0.25, 0.3) is 0 Å². The van der Waals surface area contributed by atoms with Gasteiger partial charge in [0.2, 0.25) is 0 Å². The third-order valence-electron chi connectivity index (χ3n) is 1.99. The zero-order valence-corrected chi connectivity index (χ0v) is 7.56. The summed E-state index contributed by atoms with van der Waals surface area (Å²) in [6, 6.07) is 9.16. The molecule has 0 bridgehead atoms. The molecule has 1 rings (SSSR count). The van der Waals surface area contributed by atoms with Crippen molar-refractivity contribution >= 4 is 0 Å². The van der Waals surface area contributed by atoms with Gasteiger partial charge in [-0.05, 0) is 12.0 Å². The molecule has 0 heterocycles. The van der Waals surface area contributed by atoms with Crippen LogP contribution in [0.1, 0.15) is 18.1 Å². The predicted octanol–water partition coefficient (Wildman–Crippen LogP) is 1.62. The zero-order valence-electron chi connectivity index (χ0n) is 7.56. The summed E-state index contributed by atoms with van der Waals surface area (Å²) in [5, 5.41) is 9.75. The first-order chi connectivity index (χ1) is 6.25. The van der Waals surface area contributed by atoms with E-state index in [4.69, 9.17) is 5.73 Å². The smallest absolute Gasteiger partial charge is 0.0943 e. The topological polar surface area (TPSA) is 46.2 Å². The Labute approximate surface area is 78.7 Å². The first kappa shape index (κ1) is 9.96. The summed E-state index contributed by atoms with van der Waals surface area (Å²) >= 11 is 0. The van der Waals surface area contributed by atoms with Crippen molar-refractivity contribution < 1.29 is 5.11 Å². The van der Waals surface area contributed by atoms with E-state index in [9.17, 15) is 5.11 Å². The summed E-state index contributed by atoms with van der Waals surface area (Å²) in [7, 11) is 0. The molecule has 0 aliphatic carbocycles. The molecule has 0 radical (unpaired) electrons. The lowest BCUT2D eigenvalue weighted by Crippen LogP contribution is -2.27. The Morgan fingerprint density at radius 3 is 2.54 bits per heavy atom. The van der Waals surface area contributed by atoms with Crippen LogP contribution in [0.2, 0.25) is 0 Å². The Bertz CT molecular complexity index is 258. The monoisotopic (exact) mass is 177 g/mol. The lowest BCUT2D eigenvalue weighted by atomic mass is 10.0. The van der Waals surface area contributed by atoms with Gasteiger partial charge in [-0.15, -0.1) is 6.58 Å². The maximum absolute atomic E-state index is 9.75. The van der Waals surface area contributed by atoms with Crippen LogP contribution in [0.3, 0.4) is 0 Å². The standard InChI is InChI=1S/C11H15NO/c1-2-6-10(12)11(13)9-7-4-3-5-8-9/h2-5,7-8,10-11,13H,1,6,12H2. The van der Waals surface area contributed by atoms with Crippen LogP contribution in [0, 0.1) is 0 Å². The summed E-state index contributed by atoms with van der Waals surface area (Å²) in [6.07, 6.45) is 1.74. The van der Waals surface area contributed by atoms with Crippen molar-refractivity contribution in [3.63, 3.8) is 0 Å². The zero-order chi connectivity index (χ0) is 9.68. The van der Waals surface area contributed by atoms with Crippen LogP contribution in [-0.4, -0.2) is 11.1 Å². The molecule has 0 aliphatic rings. The number of hydrogen-bond donors (Lipinski definition) is 2. The highest BCUT2D eigenvalue weighted by atomic mass is 16.3. The van der Waals surface area contributed by atoms with Crippen molar-refractivity contribution in [1.82, 2.24) is 0 Å². The van der Waals surface area contributed by atoms with Gasteiger partial charge in [-0.1, -0.05) is 36.4 Å². The van der Waals surface area contributed by atoms with Gasteiger partial charge in [-0.3, -0.25) is 0 Å². The van der Waals surface area contributed by atoms with Gasteiger partial charge in [0, 0.05) is 6.04 Å². The summed E-state index contributed by atoms with van der Waals surface area (Å²) in [5.41, 5.74) is 6.60. The third kappa shape index (κ3) is 2.68. The predicted molar refractivity (Wildman–Crippen MR) is 54.2 cm³/mol. The molecule has 13 heavy (non-hydrogen) atoms. The molecule has 2 atom stereocenters. The molecule has 0 saturated heterocycles. The molecule has 0 saturated carbocycles. The summed E-state index contributed by atoms with van der Waals surface area (Å²) < 4.78 is 0. The van der Waals surface area contributed by atoms with Crippen molar-refractivity contribution in [2.24, 2.45) is 5.73 Å². The van der Waals surface area contributed by atoms with Crippen molar-refractivity contribution in [2.45, 2.75) is 18.6 Å². The van der Waals surface area contributed by atoms with E-state index >= 15 is 0 Å². The van der Waals surface area contributed by atoms with Crippen LogP contribution in [0.5, 0.6) is 0 Å². The van der Waals surface area contributed by atoms with Gasteiger partial charge in [0.05, 0.1) is 6.10 Å². The lowest BCUT2D eigenvalue weighted by molar-refractivity contribution is 0.147. The Morgan fingerprint density at radius 1 is 1.38 bits per heavy atom. The average molecular weight is 177 g/mol. The van der Waals surface area contributed by atoms with Crippen molar-refractivity contribution in [2.75, 3.05) is 0 Å². The van der Waals surface area contributed by atoms with Crippen LogP contribution < -0.4 is 5.73 Å². The molecule has 2 unspecified atom stereocenters. The highest BCUT2D eigenvalue weighted by Gasteiger charge is 2.14. The second kappa shape index (κ2) is 4.80. The number of nitrogens with two attached hydrogens (primary N) is 1. The Balaban J connectivity index is 2.67. The molecule has 1 aromatic carbocycles. The van der Waals surface area contributed by atoms with E-state index in [2.05, 4.69) is 6.58 Å². The van der Waals surface area contributed by atoms with Crippen LogP contribution in [0.4, 0.5) is 0 Å². The fraction of sp³-hybridized carbons (Fsp3) is 0.273. The highest BCUT2D eigenvalue weighted by Crippen LogP contribution is 2.16. The summed E-state index contributed by atoms with van der Waals surface area (Å²) in [6.45, 7) is 3.59. The van der Waals surface area contributed by atoms with Crippen molar-refractivity contribution in [1.29, 1.82) is 0 Å². The first-order valence-corrected chi connectivity index (χ1v) is 4.35. The molecule has 0 spiro atoms. The number of aliphatic hydroxyl groups excluding tert-OH is 1. The lowest BCUT2D eigenvalue weighted by Gasteiger charge is -2.17. The van der Waals surface area contributed by atoms with Gasteiger partial charge in [0.15, 0.2) is 0 Å². The number of benzene rings is 1. The molecule has 0 amide bonds. The Hall–Kier alpha value is -1.12. The van der Waals surface area contributed by atoms with E-state index in [-0.39, 0.29) is 6.04 Å². The number of hydrogen-bond acceptors (Lipinski definition) is 2. The largest absolute Gasteiger partial charge is 0.387 e. The molecule has 0 aromatic heterocycles. The molecule has 0 fully saturated rings. The Morgan fingerprint density at radius 2 is 2.00 bits per heavy atom. The molecule has 2 heteroatoms. The molecule has 0 aliphatic heterocycles. The van der Waals surface area contributed by atoms with Gasteiger partial charge in [0.25, 0.3) is 0 Å². The second-order valence-corrected chi connectivity index (χ2v) is 3.04. The quantitative estimate of drug-likeness (QED) is 0.686. The number of rotatable bonds is 4. The molecular formula is C11H15NO. The second-order valence-electron chi connectivity index (χ2n) is 3.04. The average Bonchev–Trinajstić information content (AvgIpc) is 2.18. The molecule has 2 nitrogen and oxygen atoms in total. The van der Waals surface area contributed by atoms with Crippen LogP contribution >= 0.6 is 0 Å². The van der Waals surface area contributed by atoms with E-state index < -0.39 is 6.10 Å². The molecule has 3 N–H and O–H groups in total. The van der Waals surface area contributed by atoms with E-state index in [0.717, 1.165) is 5.56 Å². The van der Waals surface area contributed by atoms with E-state index in [1.165, 1.54) is 0 Å². The fourth-order valence-electron chi connectivity index (χ4n) is 1.22. The van der Waals surface area contributed by atoms with E-state index in [0.29, 0.717) is 6.42 Å². The van der Waals surface area contributed by atoms with Gasteiger partial charge in [0.1, 0.15) is 0 Å². The Kier molecular flexibility index (Phi) is 3.68. The minimum Gasteiger partial charge on any atom is -0.387 e. The van der Waals surface area contributed by atoms with Gasteiger partial charge >= 0.3 is 0 Å². The minimum atomic E-state index is -0.598. The normalized spacial score (nSPS) is 14.9. The van der Waals surface area contributed by atoms with Gasteiger partial charge in [-0.25, -0.2) is 0 Å². The molecule has 1 aromatic rings. The van der Waals surface area contributed by atoms with Crippen LogP contribution in [-0.2, 0) is 0 Å². The SMILES string of the molecule is C=CCC(N)C(O)c1ccccc1. The summed E-state index contributed by atoms with van der Waals surface area (Å²) in [5.74, 6) is 0. The third-order valence-corrected chi connectivity index (χ3v) is 1.99. The fourth-order valence-corrected chi connectivity index (χ4v) is 1.22. The van der Waals surface area contributed by atoms with Crippen LogP contribution in [0.15, 0.2) is 43.0 Å². The van der Waals surface area contributed by atoms with E-state index in [1.807, 2.05) is 30.3 Å². The highest BCUT2D eigenvalue weighted by molar-refractivity contribution is 5.18. The maximum Gasteiger partial charge on any atom is 0.0943 e. The van der Waals surface area contributed by atoms with Gasteiger partial charge in [-0.2, -0.15) is 0 Å². The van der Waals surface area contributed by atoms with E-state index in [1.54, 1.807) is 6.08 Å². The minimum absolute atomic E-state index is 0.264. The summed E-state index contributed by atoms with van der Waals surface area (Å²) in [4.78, 5) is 0. The number of aliphatic hydroxyl groups is 1.